The van der Waals surface area contributed by atoms with Crippen LogP contribution in [-0.2, 0) is 9.53 Å². The number of methoxy groups -OCH3 is 1. The molecule has 0 aliphatic carbocycles. The van der Waals surface area contributed by atoms with E-state index in [0.717, 1.165) is 0 Å². The first-order chi connectivity index (χ1) is 5.10. The minimum Gasteiger partial charge on any atom is -0.469 e. The number of hydrogen-bond donors (Lipinski definition) is 0. The van der Waals surface area contributed by atoms with E-state index in [0.29, 0.717) is 0 Å². The van der Waals surface area contributed by atoms with E-state index in [1.165, 1.54) is 26.9 Å². The molecule has 0 atom stereocenters. The van der Waals surface area contributed by atoms with Crippen molar-refractivity contribution in [2.45, 2.75) is 47.5 Å². The molecule has 0 N–H and O–H groups in total. The predicted molar refractivity (Wildman–Crippen MR) is 49.6 cm³/mol. The summed E-state index contributed by atoms with van der Waals surface area (Å²) in [6, 6.07) is 0. The van der Waals surface area contributed by atoms with Gasteiger partial charge in [0.1, 0.15) is 0 Å². The highest BCUT2D eigenvalue weighted by Crippen LogP contribution is 1.60. The lowest BCUT2D eigenvalue weighted by Crippen LogP contribution is -1.88. The van der Waals surface area contributed by atoms with Crippen LogP contribution in [0.5, 0.6) is 0 Å². The smallest absolute Gasteiger partial charge is 0.302 e. The van der Waals surface area contributed by atoms with E-state index >= 15 is 0 Å². The lowest BCUT2D eigenvalue weighted by atomic mass is 10.6. The van der Waals surface area contributed by atoms with Crippen LogP contribution in [0.25, 0.3) is 0 Å². The topological polar surface area (TPSA) is 26.3 Å². The Bertz CT molecular complexity index is 58.6. The Morgan fingerprint density at radius 1 is 1.09 bits per heavy atom. The van der Waals surface area contributed by atoms with Crippen molar-refractivity contribution in [3.05, 3.63) is 0 Å². The highest BCUT2D eigenvalue weighted by molar-refractivity contribution is 5.65. The average Bonchev–Trinajstić information content (AvgIpc) is 1.91. The minimum absolute atomic E-state index is 0.245. The SMILES string of the molecule is CCC.CCC.COC(C)=O. The Labute approximate surface area is 70.9 Å². The third-order valence-electron chi connectivity index (χ3n) is 0.287. The second kappa shape index (κ2) is 22.7. The largest absolute Gasteiger partial charge is 0.469 e. The Balaban J connectivity index is -0.0000000933. The van der Waals surface area contributed by atoms with E-state index in [2.05, 4.69) is 32.4 Å². The van der Waals surface area contributed by atoms with Gasteiger partial charge in [0.05, 0.1) is 7.11 Å². The van der Waals surface area contributed by atoms with Gasteiger partial charge in [0.25, 0.3) is 0 Å². The Kier molecular flexibility index (Phi) is 34.7. The second-order valence-electron chi connectivity index (χ2n) is 2.11. The summed E-state index contributed by atoms with van der Waals surface area (Å²) in [6.07, 6.45) is 2.50. The van der Waals surface area contributed by atoms with Gasteiger partial charge in [0, 0.05) is 6.92 Å². The van der Waals surface area contributed by atoms with Crippen molar-refractivity contribution in [3.63, 3.8) is 0 Å². The summed E-state index contributed by atoms with van der Waals surface area (Å²) >= 11 is 0. The fraction of sp³-hybridized carbons (Fsp3) is 0.889. The van der Waals surface area contributed by atoms with Crippen molar-refractivity contribution in [1.29, 1.82) is 0 Å². The van der Waals surface area contributed by atoms with Crippen molar-refractivity contribution in [3.8, 4) is 0 Å². The molecular weight excluding hydrogens is 140 g/mol. The first kappa shape index (κ1) is 16.8. The molecule has 2 heteroatoms. The fourth-order valence-corrected chi connectivity index (χ4v) is 0. The molecule has 0 aliphatic heterocycles. The quantitative estimate of drug-likeness (QED) is 0.512. The zero-order valence-electron chi connectivity index (χ0n) is 8.73. The van der Waals surface area contributed by atoms with Crippen molar-refractivity contribution in [1.82, 2.24) is 0 Å². The summed E-state index contributed by atoms with van der Waals surface area (Å²) in [4.78, 5) is 9.59. The molecule has 0 radical (unpaired) electrons. The molecule has 0 fully saturated rings. The Hall–Kier alpha value is -0.530. The van der Waals surface area contributed by atoms with Crippen LogP contribution in [0.4, 0.5) is 0 Å². The first-order valence-electron chi connectivity index (χ1n) is 4.14. The van der Waals surface area contributed by atoms with E-state index in [-0.39, 0.29) is 5.97 Å². The zero-order valence-corrected chi connectivity index (χ0v) is 8.73. The second-order valence-corrected chi connectivity index (χ2v) is 2.11. The van der Waals surface area contributed by atoms with Gasteiger partial charge in [-0.25, -0.2) is 0 Å². The lowest BCUT2D eigenvalue weighted by molar-refractivity contribution is -0.137. The van der Waals surface area contributed by atoms with E-state index in [4.69, 9.17) is 0 Å². The van der Waals surface area contributed by atoms with Gasteiger partial charge < -0.3 is 4.74 Å². The Morgan fingerprint density at radius 3 is 1.18 bits per heavy atom. The molecule has 0 unspecified atom stereocenters. The van der Waals surface area contributed by atoms with E-state index < -0.39 is 0 Å². The molecule has 2 nitrogen and oxygen atoms in total. The molecule has 70 valence electrons. The molecule has 0 heterocycles. The van der Waals surface area contributed by atoms with Crippen molar-refractivity contribution < 1.29 is 9.53 Å². The van der Waals surface area contributed by atoms with Crippen molar-refractivity contribution >= 4 is 5.97 Å². The van der Waals surface area contributed by atoms with Gasteiger partial charge in [-0.1, -0.05) is 40.5 Å². The maximum atomic E-state index is 9.59. The fourth-order valence-electron chi connectivity index (χ4n) is 0. The van der Waals surface area contributed by atoms with Crippen LogP contribution in [-0.4, -0.2) is 13.1 Å². The lowest BCUT2D eigenvalue weighted by Gasteiger charge is -1.80. The number of ether oxygens (including phenoxy) is 1. The van der Waals surface area contributed by atoms with Crippen LogP contribution in [0.3, 0.4) is 0 Å². The molecule has 11 heavy (non-hydrogen) atoms. The van der Waals surface area contributed by atoms with Crippen LogP contribution in [0, 0.1) is 0 Å². The average molecular weight is 162 g/mol. The number of carbonyl (C=O) groups is 1. The molecule has 0 aromatic rings. The normalized spacial score (nSPS) is 6.36. The molecule has 0 saturated heterocycles. The monoisotopic (exact) mass is 162 g/mol. The van der Waals surface area contributed by atoms with Crippen LogP contribution < -0.4 is 0 Å². The van der Waals surface area contributed by atoms with Gasteiger partial charge in [0.15, 0.2) is 0 Å². The molecule has 0 aliphatic rings. The van der Waals surface area contributed by atoms with E-state index in [1.54, 1.807) is 0 Å². The van der Waals surface area contributed by atoms with Gasteiger partial charge >= 0.3 is 5.97 Å². The maximum absolute atomic E-state index is 9.59. The Morgan fingerprint density at radius 2 is 1.18 bits per heavy atom. The van der Waals surface area contributed by atoms with Crippen LogP contribution in [0.15, 0.2) is 0 Å². The summed E-state index contributed by atoms with van der Waals surface area (Å²) in [5.41, 5.74) is 0. The number of carbonyl (C=O) groups excluding carboxylic acids is 1. The van der Waals surface area contributed by atoms with Gasteiger partial charge in [0.2, 0.25) is 0 Å². The standard InChI is InChI=1S/C3H6O2.2C3H8/c1-3(4)5-2;2*1-3-2/h1-2H3;2*3H2,1-2H3. The van der Waals surface area contributed by atoms with Crippen molar-refractivity contribution in [2.24, 2.45) is 0 Å². The third-order valence-corrected chi connectivity index (χ3v) is 0.287. The summed E-state index contributed by atoms with van der Waals surface area (Å²) in [5.74, 6) is -0.245. The molecule has 0 aromatic heterocycles. The summed E-state index contributed by atoms with van der Waals surface area (Å²) < 4.78 is 4.11. The van der Waals surface area contributed by atoms with Gasteiger partial charge in [-0.15, -0.1) is 0 Å². The first-order valence-corrected chi connectivity index (χ1v) is 4.14. The summed E-state index contributed by atoms with van der Waals surface area (Å²) in [6.45, 7) is 9.86. The van der Waals surface area contributed by atoms with Gasteiger partial charge in [-0.2, -0.15) is 0 Å². The highest BCUT2D eigenvalue weighted by atomic mass is 16.5. The summed E-state index contributed by atoms with van der Waals surface area (Å²) in [7, 11) is 1.35. The maximum Gasteiger partial charge on any atom is 0.302 e. The van der Waals surface area contributed by atoms with Crippen LogP contribution in [0.1, 0.15) is 47.5 Å². The zero-order chi connectivity index (χ0) is 9.70. The third kappa shape index (κ3) is 245. The van der Waals surface area contributed by atoms with Crippen molar-refractivity contribution in [2.75, 3.05) is 7.11 Å². The molecule has 0 aromatic carbocycles. The molecule has 0 rings (SSSR count). The molecule has 0 saturated carbocycles. The van der Waals surface area contributed by atoms with E-state index in [1.807, 2.05) is 0 Å². The summed E-state index contributed by atoms with van der Waals surface area (Å²) in [5, 5.41) is 0. The number of esters is 1. The molecule has 0 spiro atoms. The van der Waals surface area contributed by atoms with Crippen LogP contribution >= 0.6 is 0 Å². The predicted octanol–water partition coefficient (Wildman–Crippen LogP) is 3.01. The molecule has 0 bridgehead atoms. The minimum atomic E-state index is -0.245. The van der Waals surface area contributed by atoms with Gasteiger partial charge in [-0.05, 0) is 0 Å². The van der Waals surface area contributed by atoms with Crippen LogP contribution in [0.2, 0.25) is 0 Å². The number of rotatable bonds is 0. The molecular formula is C9H22O2. The van der Waals surface area contributed by atoms with Gasteiger partial charge in [-0.3, -0.25) is 4.79 Å². The number of hydrogen-bond acceptors (Lipinski definition) is 2. The van der Waals surface area contributed by atoms with E-state index in [9.17, 15) is 4.79 Å². The molecule has 0 amide bonds. The highest BCUT2D eigenvalue weighted by Gasteiger charge is 1.75.